The highest BCUT2D eigenvalue weighted by Gasteiger charge is 2.27. The first-order valence-electron chi connectivity index (χ1n) is 7.55. The molecular formula is C17H18ClFN4O2. The molecule has 6 nitrogen and oxygen atoms in total. The molecule has 0 spiro atoms. The molecule has 25 heavy (non-hydrogen) atoms. The monoisotopic (exact) mass is 364 g/mol. The lowest BCUT2D eigenvalue weighted by Gasteiger charge is -2.27. The van der Waals surface area contributed by atoms with Crippen LogP contribution in [0, 0.1) is 0 Å². The highest BCUT2D eigenvalue weighted by Crippen LogP contribution is 2.25. The molecule has 0 radical (unpaired) electrons. The Balaban J connectivity index is 0.00000225. The van der Waals surface area contributed by atoms with E-state index in [0.717, 1.165) is 5.56 Å². The predicted octanol–water partition coefficient (Wildman–Crippen LogP) is 2.29. The first-order valence-corrected chi connectivity index (χ1v) is 7.55. The minimum Gasteiger partial charge on any atom is -0.489 e. The third-order valence-corrected chi connectivity index (χ3v) is 3.79. The lowest BCUT2D eigenvalue weighted by atomic mass is 9.99. The van der Waals surface area contributed by atoms with E-state index < -0.39 is 0 Å². The van der Waals surface area contributed by atoms with E-state index in [1.54, 1.807) is 35.5 Å². The van der Waals surface area contributed by atoms with E-state index in [-0.39, 0.29) is 31.5 Å². The van der Waals surface area contributed by atoms with E-state index in [1.807, 2.05) is 6.07 Å². The Morgan fingerprint density at radius 1 is 1.36 bits per heavy atom. The lowest BCUT2D eigenvalue weighted by molar-refractivity contribution is 0.0979. The number of nitrogens with two attached hydrogens (primary N) is 1. The molecule has 0 saturated carbocycles. The molecule has 0 aliphatic carbocycles. The van der Waals surface area contributed by atoms with Crippen molar-refractivity contribution in [2.45, 2.75) is 6.42 Å². The minimum atomic E-state index is -0.139. The molecule has 1 aliphatic heterocycles. The fraction of sp³-hybridized carbons (Fsp3) is 0.235. The van der Waals surface area contributed by atoms with Crippen molar-refractivity contribution in [2.24, 2.45) is 5.73 Å². The Morgan fingerprint density at radius 3 is 2.80 bits per heavy atom. The Kier molecular flexibility index (Phi) is 6.44. The fourth-order valence-electron chi connectivity index (χ4n) is 2.49. The molecule has 1 amide bonds. The average Bonchev–Trinajstić information content (AvgIpc) is 2.63. The van der Waals surface area contributed by atoms with Crippen LogP contribution in [0.1, 0.15) is 15.9 Å². The van der Waals surface area contributed by atoms with Gasteiger partial charge in [-0.1, -0.05) is 0 Å². The van der Waals surface area contributed by atoms with Gasteiger partial charge in [0, 0.05) is 36.6 Å². The quantitative estimate of drug-likeness (QED) is 0.880. The van der Waals surface area contributed by atoms with Crippen molar-refractivity contribution < 1.29 is 13.9 Å². The van der Waals surface area contributed by atoms with Gasteiger partial charge in [-0.2, -0.15) is 0 Å². The summed E-state index contributed by atoms with van der Waals surface area (Å²) in [5, 5.41) is 0. The van der Waals surface area contributed by atoms with Crippen LogP contribution in [-0.4, -0.2) is 35.6 Å². The summed E-state index contributed by atoms with van der Waals surface area (Å²) in [4.78, 5) is 22.4. The van der Waals surface area contributed by atoms with Crippen LogP contribution in [0.25, 0.3) is 0 Å². The number of anilines is 1. The molecule has 2 N–H and O–H groups in total. The molecule has 1 aromatic carbocycles. The molecular weight excluding hydrogens is 347 g/mol. The van der Waals surface area contributed by atoms with E-state index in [9.17, 15) is 9.18 Å². The maximum Gasteiger partial charge on any atom is 0.260 e. The second-order valence-corrected chi connectivity index (χ2v) is 5.33. The maximum atomic E-state index is 12.6. The first kappa shape index (κ1) is 18.8. The second-order valence-electron chi connectivity index (χ2n) is 5.33. The largest absolute Gasteiger partial charge is 0.489 e. The summed E-state index contributed by atoms with van der Waals surface area (Å²) in [6.45, 7) is 0.688. The molecule has 0 saturated heterocycles. The molecule has 132 valence electrons. The van der Waals surface area contributed by atoms with Crippen molar-refractivity contribution in [2.75, 3.05) is 24.6 Å². The van der Waals surface area contributed by atoms with Gasteiger partial charge in [0.05, 0.1) is 6.33 Å². The molecule has 0 unspecified atom stereocenters. The van der Waals surface area contributed by atoms with Gasteiger partial charge in [-0.05, 0) is 36.2 Å². The van der Waals surface area contributed by atoms with E-state index in [2.05, 4.69) is 9.97 Å². The third kappa shape index (κ3) is 4.12. The Bertz CT molecular complexity index is 770. The third-order valence-electron chi connectivity index (χ3n) is 3.79. The number of benzene rings is 1. The standard InChI is InChI=1S/C17H17FN4O2.ClH/c18-9-12(10-19)11-24-14-2-3-15-13(8-14)4-7-22(16(15)23)17-20-5-1-6-21-17;/h1-3,5-6,8-9H,4,7,10-11,19H2;1H/b12-9+;. The second kappa shape index (κ2) is 8.55. The lowest BCUT2D eigenvalue weighted by Crippen LogP contribution is -2.38. The smallest absolute Gasteiger partial charge is 0.260 e. The summed E-state index contributed by atoms with van der Waals surface area (Å²) in [5.74, 6) is 0.841. The highest BCUT2D eigenvalue weighted by molar-refractivity contribution is 6.07. The number of amides is 1. The van der Waals surface area contributed by atoms with E-state index >= 15 is 0 Å². The summed E-state index contributed by atoms with van der Waals surface area (Å²) < 4.78 is 18.0. The summed E-state index contributed by atoms with van der Waals surface area (Å²) >= 11 is 0. The number of nitrogens with zero attached hydrogens (tertiary/aromatic N) is 3. The zero-order valence-electron chi connectivity index (χ0n) is 13.4. The van der Waals surface area contributed by atoms with Gasteiger partial charge in [-0.3, -0.25) is 9.69 Å². The number of hydrogen-bond donors (Lipinski definition) is 1. The number of halogens is 2. The Labute approximate surface area is 150 Å². The molecule has 0 fully saturated rings. The van der Waals surface area contributed by atoms with Crippen LogP contribution in [0.15, 0.2) is 48.6 Å². The highest BCUT2D eigenvalue weighted by atomic mass is 35.5. The minimum absolute atomic E-state index is 0. The van der Waals surface area contributed by atoms with E-state index in [4.69, 9.17) is 10.5 Å². The average molecular weight is 365 g/mol. The number of carbonyl (C=O) groups is 1. The van der Waals surface area contributed by atoms with Gasteiger partial charge in [0.15, 0.2) is 0 Å². The summed E-state index contributed by atoms with van der Waals surface area (Å²) in [7, 11) is 0. The number of ether oxygens (including phenoxy) is 1. The number of carbonyl (C=O) groups excluding carboxylic acids is 1. The zero-order chi connectivity index (χ0) is 16.9. The topological polar surface area (TPSA) is 81.3 Å². The van der Waals surface area contributed by atoms with Crippen LogP contribution in [0.2, 0.25) is 0 Å². The Morgan fingerprint density at radius 2 is 2.12 bits per heavy atom. The fourth-order valence-corrected chi connectivity index (χ4v) is 2.49. The first-order chi connectivity index (χ1) is 11.7. The normalized spacial score (nSPS) is 13.9. The maximum absolute atomic E-state index is 12.6. The van der Waals surface area contributed by atoms with Crippen LogP contribution in [0.5, 0.6) is 5.75 Å². The molecule has 0 atom stereocenters. The van der Waals surface area contributed by atoms with Crippen molar-refractivity contribution in [3.05, 3.63) is 59.7 Å². The molecule has 2 aromatic rings. The van der Waals surface area contributed by atoms with Gasteiger partial charge in [-0.25, -0.2) is 14.4 Å². The number of fused-ring (bicyclic) bond motifs is 1. The van der Waals surface area contributed by atoms with Crippen LogP contribution in [0.3, 0.4) is 0 Å². The van der Waals surface area contributed by atoms with Crippen molar-refractivity contribution in [3.8, 4) is 5.75 Å². The zero-order valence-corrected chi connectivity index (χ0v) is 14.2. The van der Waals surface area contributed by atoms with E-state index in [0.29, 0.717) is 42.1 Å². The van der Waals surface area contributed by atoms with Crippen molar-refractivity contribution >= 4 is 24.3 Å². The summed E-state index contributed by atoms with van der Waals surface area (Å²) in [5.41, 5.74) is 7.26. The molecule has 1 aromatic heterocycles. The number of hydrogen-bond acceptors (Lipinski definition) is 5. The van der Waals surface area contributed by atoms with Crippen molar-refractivity contribution in [1.82, 2.24) is 9.97 Å². The van der Waals surface area contributed by atoms with E-state index in [1.165, 1.54) is 0 Å². The predicted molar refractivity (Wildman–Crippen MR) is 94.8 cm³/mol. The van der Waals surface area contributed by atoms with Gasteiger partial charge in [0.2, 0.25) is 5.95 Å². The van der Waals surface area contributed by atoms with Gasteiger partial charge in [-0.15, -0.1) is 12.4 Å². The summed E-state index contributed by atoms with van der Waals surface area (Å²) in [6, 6.07) is 6.92. The van der Waals surface area contributed by atoms with Crippen LogP contribution < -0.4 is 15.4 Å². The summed E-state index contributed by atoms with van der Waals surface area (Å²) in [6.07, 6.45) is 4.34. The molecule has 0 bridgehead atoms. The van der Waals surface area contributed by atoms with Crippen molar-refractivity contribution in [3.63, 3.8) is 0 Å². The van der Waals surface area contributed by atoms with Gasteiger partial charge in [0.1, 0.15) is 12.4 Å². The van der Waals surface area contributed by atoms with Crippen LogP contribution >= 0.6 is 12.4 Å². The number of aromatic nitrogens is 2. The molecule has 8 heteroatoms. The van der Waals surface area contributed by atoms with Crippen molar-refractivity contribution in [1.29, 1.82) is 0 Å². The SMILES string of the molecule is Cl.NC/C(=C\F)COc1ccc2c(c1)CCN(c1ncccn1)C2=O. The van der Waals surface area contributed by atoms with Gasteiger partial charge in [0.25, 0.3) is 5.91 Å². The molecule has 2 heterocycles. The van der Waals surface area contributed by atoms with Crippen LogP contribution in [0.4, 0.5) is 10.3 Å². The van der Waals surface area contributed by atoms with Gasteiger partial charge >= 0.3 is 0 Å². The Hall–Kier alpha value is -2.51. The molecule has 1 aliphatic rings. The van der Waals surface area contributed by atoms with Crippen LogP contribution in [-0.2, 0) is 6.42 Å². The molecule has 3 rings (SSSR count). The number of rotatable bonds is 5. The van der Waals surface area contributed by atoms with Gasteiger partial charge < -0.3 is 10.5 Å².